The van der Waals surface area contributed by atoms with Gasteiger partial charge in [0.25, 0.3) is 0 Å². The summed E-state index contributed by atoms with van der Waals surface area (Å²) in [5, 5.41) is 7.65. The number of benzene rings is 1. The molecule has 0 aliphatic rings. The second-order valence-corrected chi connectivity index (χ2v) is 3.25. The van der Waals surface area contributed by atoms with Gasteiger partial charge < -0.3 is 10.5 Å². The predicted octanol–water partition coefficient (Wildman–Crippen LogP) is 2.16. The average molecular weight is 201 g/mol. The summed E-state index contributed by atoms with van der Waals surface area (Å²) in [6.45, 7) is 1.93. The number of nitrogens with two attached hydrogens (primary N) is 1. The van der Waals surface area contributed by atoms with E-state index in [4.69, 9.17) is 10.5 Å². The van der Waals surface area contributed by atoms with Gasteiger partial charge in [-0.25, -0.2) is 0 Å². The van der Waals surface area contributed by atoms with Crippen molar-refractivity contribution in [3.63, 3.8) is 0 Å². The molecule has 15 heavy (non-hydrogen) atoms. The maximum Gasteiger partial charge on any atom is 0.239 e. The number of hydrogen-bond acceptors (Lipinski definition) is 4. The Bertz CT molecular complexity index is 427. The standard InChI is InChI=1S/C11H11N3O/c1-8-5-11(14-13-7-8)15-10-4-2-3-9(12)6-10/h2-7H,12H2,1H3. The molecule has 0 saturated carbocycles. The van der Waals surface area contributed by atoms with E-state index < -0.39 is 0 Å². The molecule has 0 unspecified atom stereocenters. The maximum absolute atomic E-state index is 5.63. The number of aryl methyl sites for hydroxylation is 1. The van der Waals surface area contributed by atoms with Crippen molar-refractivity contribution in [2.45, 2.75) is 6.92 Å². The van der Waals surface area contributed by atoms with Gasteiger partial charge in [-0.05, 0) is 24.6 Å². The molecule has 0 aliphatic heterocycles. The number of nitrogen functional groups attached to an aromatic ring is 1. The van der Waals surface area contributed by atoms with Crippen LogP contribution < -0.4 is 10.5 Å². The normalized spacial score (nSPS) is 9.93. The fourth-order valence-corrected chi connectivity index (χ4v) is 1.19. The Morgan fingerprint density at radius 3 is 2.87 bits per heavy atom. The minimum atomic E-state index is 0.473. The summed E-state index contributed by atoms with van der Waals surface area (Å²) < 4.78 is 5.49. The first-order valence-electron chi connectivity index (χ1n) is 4.57. The van der Waals surface area contributed by atoms with E-state index in [1.54, 1.807) is 18.3 Å². The van der Waals surface area contributed by atoms with Crippen molar-refractivity contribution in [3.05, 3.63) is 42.1 Å². The van der Waals surface area contributed by atoms with E-state index in [0.717, 1.165) is 5.56 Å². The van der Waals surface area contributed by atoms with E-state index in [0.29, 0.717) is 17.3 Å². The van der Waals surface area contributed by atoms with Crippen LogP contribution in [0.15, 0.2) is 36.5 Å². The van der Waals surface area contributed by atoms with Crippen LogP contribution in [0.2, 0.25) is 0 Å². The van der Waals surface area contributed by atoms with E-state index in [2.05, 4.69) is 10.2 Å². The van der Waals surface area contributed by atoms with E-state index in [9.17, 15) is 0 Å². The second kappa shape index (κ2) is 3.96. The van der Waals surface area contributed by atoms with Crippen molar-refractivity contribution in [2.24, 2.45) is 0 Å². The first-order valence-corrected chi connectivity index (χ1v) is 4.57. The topological polar surface area (TPSA) is 61.0 Å². The minimum Gasteiger partial charge on any atom is -0.437 e. The first kappa shape index (κ1) is 9.45. The Morgan fingerprint density at radius 2 is 2.13 bits per heavy atom. The molecule has 2 rings (SSSR count). The predicted molar refractivity (Wildman–Crippen MR) is 57.7 cm³/mol. The molecule has 0 fully saturated rings. The number of nitrogens with zero attached hydrogens (tertiary/aromatic N) is 2. The van der Waals surface area contributed by atoms with Crippen LogP contribution >= 0.6 is 0 Å². The average Bonchev–Trinajstić information content (AvgIpc) is 2.17. The van der Waals surface area contributed by atoms with Crippen molar-refractivity contribution in [1.29, 1.82) is 0 Å². The van der Waals surface area contributed by atoms with Gasteiger partial charge in [0.15, 0.2) is 0 Å². The monoisotopic (exact) mass is 201 g/mol. The third-order valence-electron chi connectivity index (χ3n) is 1.85. The summed E-state index contributed by atoms with van der Waals surface area (Å²) in [7, 11) is 0. The highest BCUT2D eigenvalue weighted by Crippen LogP contribution is 2.20. The third-order valence-corrected chi connectivity index (χ3v) is 1.85. The van der Waals surface area contributed by atoms with Crippen LogP contribution in [0.25, 0.3) is 0 Å². The summed E-state index contributed by atoms with van der Waals surface area (Å²) in [4.78, 5) is 0. The first-order chi connectivity index (χ1) is 7.24. The highest BCUT2D eigenvalue weighted by molar-refractivity contribution is 5.44. The summed E-state index contributed by atoms with van der Waals surface area (Å²) in [6, 6.07) is 9.00. The van der Waals surface area contributed by atoms with Gasteiger partial charge in [0.05, 0.1) is 6.20 Å². The lowest BCUT2D eigenvalue weighted by Gasteiger charge is -2.04. The van der Waals surface area contributed by atoms with Crippen LogP contribution in [0.1, 0.15) is 5.56 Å². The lowest BCUT2D eigenvalue weighted by molar-refractivity contribution is 0.455. The van der Waals surface area contributed by atoms with Crippen molar-refractivity contribution >= 4 is 5.69 Å². The fourth-order valence-electron chi connectivity index (χ4n) is 1.19. The van der Waals surface area contributed by atoms with Crippen LogP contribution in [0.4, 0.5) is 5.69 Å². The maximum atomic E-state index is 5.63. The molecule has 1 aromatic carbocycles. The van der Waals surface area contributed by atoms with Gasteiger partial charge in [0.2, 0.25) is 5.88 Å². The van der Waals surface area contributed by atoms with Gasteiger partial charge in [-0.2, -0.15) is 5.10 Å². The van der Waals surface area contributed by atoms with E-state index in [-0.39, 0.29) is 0 Å². The quantitative estimate of drug-likeness (QED) is 0.756. The highest BCUT2D eigenvalue weighted by Gasteiger charge is 1.99. The Balaban J connectivity index is 2.22. The summed E-state index contributed by atoms with van der Waals surface area (Å²) in [5.41, 5.74) is 7.29. The molecule has 0 radical (unpaired) electrons. The molecule has 1 heterocycles. The van der Waals surface area contributed by atoms with Gasteiger partial charge in [-0.1, -0.05) is 6.07 Å². The molecule has 76 valence electrons. The fraction of sp³-hybridized carbons (Fsp3) is 0.0909. The van der Waals surface area contributed by atoms with E-state index >= 15 is 0 Å². The molecule has 0 aliphatic carbocycles. The SMILES string of the molecule is Cc1cnnc(Oc2cccc(N)c2)c1. The number of rotatable bonds is 2. The van der Waals surface area contributed by atoms with Gasteiger partial charge in [0, 0.05) is 17.8 Å². The molecular formula is C11H11N3O. The van der Waals surface area contributed by atoms with Crippen molar-refractivity contribution < 1.29 is 4.74 Å². The summed E-state index contributed by atoms with van der Waals surface area (Å²) >= 11 is 0. The third kappa shape index (κ3) is 2.43. The molecule has 4 nitrogen and oxygen atoms in total. The van der Waals surface area contributed by atoms with Gasteiger partial charge >= 0.3 is 0 Å². The highest BCUT2D eigenvalue weighted by atomic mass is 16.5. The van der Waals surface area contributed by atoms with Gasteiger partial charge in [0.1, 0.15) is 5.75 Å². The molecule has 2 aromatic rings. The zero-order valence-corrected chi connectivity index (χ0v) is 8.34. The Hall–Kier alpha value is -2.10. The molecule has 0 amide bonds. The molecule has 1 aromatic heterocycles. The zero-order valence-electron chi connectivity index (χ0n) is 8.34. The van der Waals surface area contributed by atoms with Crippen LogP contribution in [0.5, 0.6) is 11.6 Å². The molecule has 2 N–H and O–H groups in total. The largest absolute Gasteiger partial charge is 0.437 e. The zero-order chi connectivity index (χ0) is 10.7. The van der Waals surface area contributed by atoms with Crippen molar-refractivity contribution in [2.75, 3.05) is 5.73 Å². The number of anilines is 1. The Morgan fingerprint density at radius 1 is 1.27 bits per heavy atom. The summed E-state index contributed by atoms with van der Waals surface area (Å²) in [5.74, 6) is 1.13. The van der Waals surface area contributed by atoms with Gasteiger partial charge in [-0.3, -0.25) is 0 Å². The van der Waals surface area contributed by atoms with Crippen molar-refractivity contribution in [1.82, 2.24) is 10.2 Å². The molecule has 0 spiro atoms. The van der Waals surface area contributed by atoms with Crippen LogP contribution in [-0.4, -0.2) is 10.2 Å². The molecule has 4 heteroatoms. The molecular weight excluding hydrogens is 190 g/mol. The second-order valence-electron chi connectivity index (χ2n) is 3.25. The summed E-state index contributed by atoms with van der Waals surface area (Å²) in [6.07, 6.45) is 1.67. The molecule has 0 saturated heterocycles. The van der Waals surface area contributed by atoms with Crippen LogP contribution in [0, 0.1) is 6.92 Å². The van der Waals surface area contributed by atoms with Crippen molar-refractivity contribution in [3.8, 4) is 11.6 Å². The lowest BCUT2D eigenvalue weighted by atomic mass is 10.3. The smallest absolute Gasteiger partial charge is 0.239 e. The molecule has 0 bridgehead atoms. The van der Waals surface area contributed by atoms with Crippen LogP contribution in [0.3, 0.4) is 0 Å². The Labute approximate surface area is 87.7 Å². The molecule has 0 atom stereocenters. The number of ether oxygens (including phenoxy) is 1. The van der Waals surface area contributed by atoms with Gasteiger partial charge in [-0.15, -0.1) is 5.10 Å². The number of hydrogen-bond donors (Lipinski definition) is 1. The number of aromatic nitrogens is 2. The van der Waals surface area contributed by atoms with E-state index in [1.807, 2.05) is 25.1 Å². The van der Waals surface area contributed by atoms with Crippen LogP contribution in [-0.2, 0) is 0 Å². The minimum absolute atomic E-state index is 0.473. The Kier molecular flexibility index (Phi) is 2.49. The lowest BCUT2D eigenvalue weighted by Crippen LogP contribution is -1.92. The van der Waals surface area contributed by atoms with E-state index in [1.165, 1.54) is 0 Å².